The summed E-state index contributed by atoms with van der Waals surface area (Å²) < 4.78 is 5.27. The molecule has 0 radical (unpaired) electrons. The molecule has 29 heavy (non-hydrogen) atoms. The summed E-state index contributed by atoms with van der Waals surface area (Å²) in [7, 11) is 0. The summed E-state index contributed by atoms with van der Waals surface area (Å²) in [4.78, 5) is 29.2. The van der Waals surface area contributed by atoms with E-state index in [1.165, 1.54) is 0 Å². The third kappa shape index (κ3) is 5.31. The summed E-state index contributed by atoms with van der Waals surface area (Å²) in [5.41, 5.74) is 3.76. The van der Waals surface area contributed by atoms with Gasteiger partial charge in [0.05, 0.1) is 5.52 Å². The molecule has 3 aromatic rings. The lowest BCUT2D eigenvalue weighted by atomic mass is 10.1. The first kappa shape index (κ1) is 20.3. The Morgan fingerprint density at radius 1 is 0.931 bits per heavy atom. The number of nitrogens with one attached hydrogen (secondary N) is 2. The normalized spacial score (nSPS) is 11.2. The third-order valence-corrected chi connectivity index (χ3v) is 4.22. The second kappa shape index (κ2) is 7.91. The van der Waals surface area contributed by atoms with Gasteiger partial charge in [-0.1, -0.05) is 12.1 Å². The number of carbonyl (C=O) groups is 2. The van der Waals surface area contributed by atoms with E-state index in [0.29, 0.717) is 16.9 Å². The van der Waals surface area contributed by atoms with Crippen molar-refractivity contribution in [2.75, 3.05) is 10.6 Å². The number of aryl methyl sites for hydroxylation is 2. The van der Waals surface area contributed by atoms with Crippen molar-refractivity contribution in [1.82, 2.24) is 4.98 Å². The van der Waals surface area contributed by atoms with Crippen molar-refractivity contribution in [3.05, 3.63) is 65.4 Å². The van der Waals surface area contributed by atoms with Crippen molar-refractivity contribution in [1.29, 1.82) is 0 Å². The Morgan fingerprint density at radius 3 is 2.41 bits per heavy atom. The van der Waals surface area contributed by atoms with E-state index in [1.807, 2.05) is 44.2 Å². The lowest BCUT2D eigenvalue weighted by Crippen LogP contribution is -2.27. The number of rotatable bonds is 3. The van der Waals surface area contributed by atoms with Crippen LogP contribution in [0.2, 0.25) is 0 Å². The zero-order valence-corrected chi connectivity index (χ0v) is 17.3. The molecule has 6 nitrogen and oxygen atoms in total. The minimum Gasteiger partial charge on any atom is -0.444 e. The maximum atomic E-state index is 12.8. The van der Waals surface area contributed by atoms with Crippen molar-refractivity contribution in [3.8, 4) is 0 Å². The Balaban J connectivity index is 1.78. The van der Waals surface area contributed by atoms with Crippen LogP contribution >= 0.6 is 0 Å². The van der Waals surface area contributed by atoms with Crippen molar-refractivity contribution in [3.63, 3.8) is 0 Å². The van der Waals surface area contributed by atoms with Crippen LogP contribution in [-0.4, -0.2) is 22.6 Å². The number of nitrogens with zero attached hydrogens (tertiary/aromatic N) is 1. The van der Waals surface area contributed by atoms with E-state index in [4.69, 9.17) is 4.74 Å². The lowest BCUT2D eigenvalue weighted by Gasteiger charge is -2.20. The van der Waals surface area contributed by atoms with Crippen LogP contribution in [0.1, 0.15) is 42.4 Å². The van der Waals surface area contributed by atoms with Gasteiger partial charge in [0, 0.05) is 28.0 Å². The predicted octanol–water partition coefficient (Wildman–Crippen LogP) is 5.45. The highest BCUT2D eigenvalue weighted by atomic mass is 16.6. The number of fused-ring (bicyclic) bond motifs is 1. The SMILES string of the molecule is Cc1ccc2cc(C(=O)Nc3cc(NC(=O)OC(C)(C)C)ccc3C)ccc2n1. The van der Waals surface area contributed by atoms with E-state index in [1.54, 1.807) is 39.0 Å². The summed E-state index contributed by atoms with van der Waals surface area (Å²) in [6.45, 7) is 9.22. The zero-order valence-electron chi connectivity index (χ0n) is 17.3. The predicted molar refractivity (Wildman–Crippen MR) is 115 cm³/mol. The topological polar surface area (TPSA) is 80.3 Å². The van der Waals surface area contributed by atoms with Crippen LogP contribution in [0.5, 0.6) is 0 Å². The maximum Gasteiger partial charge on any atom is 0.412 e. The number of pyridine rings is 1. The standard InChI is InChI=1S/C23H25N3O3/c1-14-6-10-18(25-22(28)29-23(3,4)5)13-20(14)26-21(27)17-9-11-19-16(12-17)8-7-15(2)24-19/h6-13H,1-5H3,(H,25,28)(H,26,27). The smallest absolute Gasteiger partial charge is 0.412 e. The number of anilines is 2. The molecule has 0 bridgehead atoms. The van der Waals surface area contributed by atoms with E-state index in [-0.39, 0.29) is 5.91 Å². The fourth-order valence-electron chi connectivity index (χ4n) is 2.82. The van der Waals surface area contributed by atoms with Crippen molar-refractivity contribution in [2.24, 2.45) is 0 Å². The van der Waals surface area contributed by atoms with E-state index in [0.717, 1.165) is 22.2 Å². The average Bonchev–Trinajstić information content (AvgIpc) is 2.62. The molecule has 2 aromatic carbocycles. The monoisotopic (exact) mass is 391 g/mol. The van der Waals surface area contributed by atoms with Gasteiger partial charge in [0.2, 0.25) is 0 Å². The molecule has 0 saturated heterocycles. The van der Waals surface area contributed by atoms with E-state index in [9.17, 15) is 9.59 Å². The molecular weight excluding hydrogens is 366 g/mol. The number of hydrogen-bond acceptors (Lipinski definition) is 4. The Hall–Kier alpha value is -3.41. The first-order valence-corrected chi connectivity index (χ1v) is 9.40. The highest BCUT2D eigenvalue weighted by Crippen LogP contribution is 2.23. The van der Waals surface area contributed by atoms with Crippen molar-refractivity contribution < 1.29 is 14.3 Å². The van der Waals surface area contributed by atoms with Gasteiger partial charge >= 0.3 is 6.09 Å². The lowest BCUT2D eigenvalue weighted by molar-refractivity contribution is 0.0636. The number of carbonyl (C=O) groups excluding carboxylic acids is 2. The van der Waals surface area contributed by atoms with Crippen LogP contribution in [0.15, 0.2) is 48.5 Å². The Bertz CT molecular complexity index is 1080. The summed E-state index contributed by atoms with van der Waals surface area (Å²) in [5.74, 6) is -0.231. The number of aromatic nitrogens is 1. The van der Waals surface area contributed by atoms with Gasteiger partial charge in [-0.15, -0.1) is 0 Å². The molecule has 0 fully saturated rings. The molecule has 0 spiro atoms. The Kier molecular flexibility index (Phi) is 5.55. The summed E-state index contributed by atoms with van der Waals surface area (Å²) in [6.07, 6.45) is -0.545. The van der Waals surface area contributed by atoms with E-state index < -0.39 is 11.7 Å². The molecule has 0 aliphatic rings. The van der Waals surface area contributed by atoms with Gasteiger partial charge in [-0.2, -0.15) is 0 Å². The van der Waals surface area contributed by atoms with Crippen LogP contribution < -0.4 is 10.6 Å². The van der Waals surface area contributed by atoms with Crippen LogP contribution in [0.25, 0.3) is 10.9 Å². The number of hydrogen-bond donors (Lipinski definition) is 2. The fraction of sp³-hybridized carbons (Fsp3) is 0.261. The van der Waals surface area contributed by atoms with Crippen LogP contribution in [0.3, 0.4) is 0 Å². The minimum absolute atomic E-state index is 0.231. The summed E-state index contributed by atoms with van der Waals surface area (Å²) >= 11 is 0. The summed E-state index contributed by atoms with van der Waals surface area (Å²) in [5, 5.41) is 6.50. The number of ether oxygens (including phenoxy) is 1. The van der Waals surface area contributed by atoms with Crippen LogP contribution in [-0.2, 0) is 4.74 Å². The van der Waals surface area contributed by atoms with Gasteiger partial charge in [0.1, 0.15) is 5.60 Å². The molecule has 1 aromatic heterocycles. The van der Waals surface area contributed by atoms with Crippen molar-refractivity contribution in [2.45, 2.75) is 40.2 Å². The molecule has 2 N–H and O–H groups in total. The van der Waals surface area contributed by atoms with Gasteiger partial charge in [0.25, 0.3) is 5.91 Å². The summed E-state index contributed by atoms with van der Waals surface area (Å²) in [6, 6.07) is 14.6. The molecule has 150 valence electrons. The second-order valence-electron chi connectivity index (χ2n) is 7.97. The van der Waals surface area contributed by atoms with Gasteiger partial charge < -0.3 is 10.1 Å². The molecule has 3 rings (SSSR count). The van der Waals surface area contributed by atoms with Crippen LogP contribution in [0.4, 0.5) is 16.2 Å². The fourth-order valence-corrected chi connectivity index (χ4v) is 2.82. The molecule has 0 aliphatic carbocycles. The Morgan fingerprint density at radius 2 is 1.69 bits per heavy atom. The quantitative estimate of drug-likeness (QED) is 0.622. The Labute approximate surface area is 170 Å². The van der Waals surface area contributed by atoms with Gasteiger partial charge in [-0.25, -0.2) is 4.79 Å². The molecule has 0 aliphatic heterocycles. The third-order valence-electron chi connectivity index (χ3n) is 4.22. The molecule has 2 amide bonds. The largest absolute Gasteiger partial charge is 0.444 e. The van der Waals surface area contributed by atoms with Gasteiger partial charge in [-0.05, 0) is 76.6 Å². The highest BCUT2D eigenvalue weighted by molar-refractivity contribution is 6.06. The number of benzene rings is 2. The average molecular weight is 391 g/mol. The zero-order chi connectivity index (χ0) is 21.2. The molecule has 6 heteroatoms. The van der Waals surface area contributed by atoms with Crippen molar-refractivity contribution >= 4 is 34.3 Å². The molecule has 0 atom stereocenters. The minimum atomic E-state index is -0.588. The second-order valence-corrected chi connectivity index (χ2v) is 7.97. The molecule has 0 saturated carbocycles. The first-order chi connectivity index (χ1) is 13.6. The highest BCUT2D eigenvalue weighted by Gasteiger charge is 2.17. The molecule has 1 heterocycles. The maximum absolute atomic E-state index is 12.8. The molecular formula is C23H25N3O3. The molecule has 0 unspecified atom stereocenters. The van der Waals surface area contributed by atoms with E-state index in [2.05, 4.69) is 15.6 Å². The van der Waals surface area contributed by atoms with E-state index >= 15 is 0 Å². The van der Waals surface area contributed by atoms with Gasteiger partial charge in [0.15, 0.2) is 0 Å². The van der Waals surface area contributed by atoms with Gasteiger partial charge in [-0.3, -0.25) is 15.1 Å². The first-order valence-electron chi connectivity index (χ1n) is 9.40. The number of amides is 2. The van der Waals surface area contributed by atoms with Crippen LogP contribution in [0, 0.1) is 13.8 Å².